The van der Waals surface area contributed by atoms with Gasteiger partial charge < -0.3 is 0 Å². The summed E-state index contributed by atoms with van der Waals surface area (Å²) < 4.78 is 1.05. The monoisotopic (exact) mass is 197 g/mol. The second-order valence-electron chi connectivity index (χ2n) is 2.29. The molecule has 0 aliphatic rings. The van der Waals surface area contributed by atoms with E-state index in [4.69, 9.17) is 0 Å². The minimum Gasteiger partial charge on any atom is -0.0651 e. The minimum absolute atomic E-state index is 1.05. The molecule has 0 spiro atoms. The Balaban J connectivity index is 2.75. The smallest absolute Gasteiger partial charge is 0.0256 e. The van der Waals surface area contributed by atoms with Crippen LogP contribution >= 0.6 is 15.9 Å². The third-order valence-corrected chi connectivity index (χ3v) is 1.83. The van der Waals surface area contributed by atoms with Crippen LogP contribution in [0.1, 0.15) is 18.9 Å². The van der Waals surface area contributed by atoms with Gasteiger partial charge in [0, 0.05) is 4.47 Å². The molecule has 1 aromatic rings. The van der Waals surface area contributed by atoms with Crippen molar-refractivity contribution in [2.45, 2.75) is 19.8 Å². The molecule has 1 aromatic carbocycles. The van der Waals surface area contributed by atoms with Gasteiger partial charge in [0.2, 0.25) is 0 Å². The molecule has 1 rings (SSSR count). The molecule has 0 amide bonds. The summed E-state index contributed by atoms with van der Waals surface area (Å²) in [6, 6.07) is 9.22. The maximum Gasteiger partial charge on any atom is 0.0256 e. The van der Waals surface area contributed by atoms with Gasteiger partial charge in [-0.25, -0.2) is 0 Å². The molecule has 1 radical (unpaired) electrons. The van der Waals surface area contributed by atoms with Gasteiger partial charge in [-0.1, -0.05) is 41.4 Å². The molecule has 1 heteroatoms. The fourth-order valence-electron chi connectivity index (χ4n) is 0.925. The Morgan fingerprint density at radius 2 is 2.40 bits per heavy atom. The van der Waals surface area contributed by atoms with Crippen LogP contribution in [0, 0.1) is 6.07 Å². The van der Waals surface area contributed by atoms with Crippen molar-refractivity contribution in [1.29, 1.82) is 0 Å². The first kappa shape index (κ1) is 7.80. The van der Waals surface area contributed by atoms with Crippen molar-refractivity contribution in [3.63, 3.8) is 0 Å². The molecule has 0 saturated carbocycles. The van der Waals surface area contributed by atoms with Gasteiger partial charge in [-0.3, -0.25) is 0 Å². The van der Waals surface area contributed by atoms with E-state index < -0.39 is 0 Å². The molecule has 0 atom stereocenters. The average molecular weight is 198 g/mol. The Morgan fingerprint density at radius 1 is 1.60 bits per heavy atom. The van der Waals surface area contributed by atoms with Crippen LogP contribution in [0.15, 0.2) is 22.7 Å². The van der Waals surface area contributed by atoms with Gasteiger partial charge in [0.25, 0.3) is 0 Å². The Labute approximate surface area is 70.4 Å². The van der Waals surface area contributed by atoms with Crippen LogP contribution in [-0.2, 0) is 6.42 Å². The second-order valence-corrected chi connectivity index (χ2v) is 3.15. The lowest BCUT2D eigenvalue weighted by Gasteiger charge is -1.96. The van der Waals surface area contributed by atoms with E-state index in [1.54, 1.807) is 0 Å². The highest BCUT2D eigenvalue weighted by Gasteiger charge is 1.90. The highest BCUT2D eigenvalue weighted by molar-refractivity contribution is 9.10. The predicted octanol–water partition coefficient (Wildman–Crippen LogP) is 3.20. The largest absolute Gasteiger partial charge is 0.0651 e. The minimum atomic E-state index is 1.05. The summed E-state index contributed by atoms with van der Waals surface area (Å²) in [4.78, 5) is 0. The zero-order valence-corrected chi connectivity index (χ0v) is 7.61. The fourth-order valence-corrected chi connectivity index (χ4v) is 1.35. The van der Waals surface area contributed by atoms with E-state index in [9.17, 15) is 0 Å². The summed E-state index contributed by atoms with van der Waals surface area (Å²) in [5.74, 6) is 0. The lowest BCUT2D eigenvalue weighted by atomic mass is 10.1. The van der Waals surface area contributed by atoms with Gasteiger partial charge >= 0.3 is 0 Å². The van der Waals surface area contributed by atoms with Crippen molar-refractivity contribution in [2.24, 2.45) is 0 Å². The Bertz CT molecular complexity index is 206. The maximum absolute atomic E-state index is 3.38. The summed E-state index contributed by atoms with van der Waals surface area (Å²) in [6.07, 6.45) is 2.36. The first-order valence-electron chi connectivity index (χ1n) is 3.49. The summed E-state index contributed by atoms with van der Waals surface area (Å²) in [7, 11) is 0. The van der Waals surface area contributed by atoms with Crippen molar-refractivity contribution in [3.8, 4) is 0 Å². The van der Waals surface area contributed by atoms with Crippen LogP contribution in [-0.4, -0.2) is 0 Å². The highest BCUT2D eigenvalue weighted by atomic mass is 79.9. The average Bonchev–Trinajstić information content (AvgIpc) is 1.88. The number of benzene rings is 1. The molecule has 10 heavy (non-hydrogen) atoms. The normalized spacial score (nSPS) is 9.80. The molecule has 0 aliphatic heterocycles. The van der Waals surface area contributed by atoms with Gasteiger partial charge in [0.15, 0.2) is 0 Å². The molecule has 0 fully saturated rings. The first-order valence-corrected chi connectivity index (χ1v) is 4.28. The van der Waals surface area contributed by atoms with E-state index in [1.165, 1.54) is 12.0 Å². The molecule has 0 unspecified atom stereocenters. The summed E-state index contributed by atoms with van der Waals surface area (Å²) in [5.41, 5.74) is 1.38. The van der Waals surface area contributed by atoms with E-state index >= 15 is 0 Å². The van der Waals surface area contributed by atoms with Gasteiger partial charge in [-0.2, -0.15) is 0 Å². The molecule has 0 aliphatic carbocycles. The maximum atomic E-state index is 3.38. The lowest BCUT2D eigenvalue weighted by Crippen LogP contribution is -1.80. The third-order valence-electron chi connectivity index (χ3n) is 1.37. The van der Waals surface area contributed by atoms with E-state index in [-0.39, 0.29) is 0 Å². The van der Waals surface area contributed by atoms with E-state index in [1.807, 2.05) is 6.07 Å². The van der Waals surface area contributed by atoms with Gasteiger partial charge in [0.1, 0.15) is 0 Å². The van der Waals surface area contributed by atoms with Gasteiger partial charge in [-0.05, 0) is 24.1 Å². The molecule has 0 N–H and O–H groups in total. The summed E-state index contributed by atoms with van der Waals surface area (Å²) >= 11 is 3.38. The topological polar surface area (TPSA) is 0 Å². The number of rotatable bonds is 2. The van der Waals surface area contributed by atoms with E-state index in [0.717, 1.165) is 10.9 Å². The lowest BCUT2D eigenvalue weighted by molar-refractivity contribution is 0.921. The third kappa shape index (κ3) is 2.14. The number of hydrogen-bond donors (Lipinski definition) is 0. The van der Waals surface area contributed by atoms with Crippen LogP contribution in [0.3, 0.4) is 0 Å². The molecule has 0 heterocycles. The van der Waals surface area contributed by atoms with E-state index in [0.29, 0.717) is 0 Å². The molecule has 53 valence electrons. The summed E-state index contributed by atoms with van der Waals surface area (Å²) in [6.45, 7) is 2.19. The van der Waals surface area contributed by atoms with Crippen molar-refractivity contribution in [1.82, 2.24) is 0 Å². The Morgan fingerprint density at radius 3 is 3.00 bits per heavy atom. The molecule has 0 nitrogen and oxygen atoms in total. The summed E-state index contributed by atoms with van der Waals surface area (Å²) in [5, 5.41) is 0. The molecular weight excluding hydrogens is 188 g/mol. The van der Waals surface area contributed by atoms with Crippen molar-refractivity contribution in [3.05, 3.63) is 34.3 Å². The predicted molar refractivity (Wildman–Crippen MR) is 47.0 cm³/mol. The number of aryl methyl sites for hydroxylation is 1. The van der Waals surface area contributed by atoms with Gasteiger partial charge in [0.05, 0.1) is 0 Å². The van der Waals surface area contributed by atoms with Crippen molar-refractivity contribution >= 4 is 15.9 Å². The number of halogens is 1. The molecular formula is C9H10Br. The Hall–Kier alpha value is -0.300. The van der Waals surface area contributed by atoms with Gasteiger partial charge in [-0.15, -0.1) is 0 Å². The van der Waals surface area contributed by atoms with Crippen LogP contribution < -0.4 is 0 Å². The van der Waals surface area contributed by atoms with Crippen LogP contribution in [0.5, 0.6) is 0 Å². The van der Waals surface area contributed by atoms with Crippen LogP contribution in [0.4, 0.5) is 0 Å². The fraction of sp³-hybridized carbons (Fsp3) is 0.333. The zero-order valence-electron chi connectivity index (χ0n) is 6.02. The number of hydrogen-bond acceptors (Lipinski definition) is 0. The first-order chi connectivity index (χ1) is 4.83. The van der Waals surface area contributed by atoms with Crippen LogP contribution in [0.2, 0.25) is 0 Å². The van der Waals surface area contributed by atoms with Crippen LogP contribution in [0.25, 0.3) is 0 Å². The molecule has 0 aromatic heterocycles. The zero-order chi connectivity index (χ0) is 7.40. The SMILES string of the molecule is CCCc1cc[c]c(Br)c1. The quantitative estimate of drug-likeness (QED) is 0.684. The Kier molecular flexibility index (Phi) is 2.94. The molecule has 0 saturated heterocycles. The highest BCUT2D eigenvalue weighted by Crippen LogP contribution is 2.11. The van der Waals surface area contributed by atoms with Crippen molar-refractivity contribution in [2.75, 3.05) is 0 Å². The van der Waals surface area contributed by atoms with Crippen molar-refractivity contribution < 1.29 is 0 Å². The van der Waals surface area contributed by atoms with E-state index in [2.05, 4.69) is 41.1 Å². The standard InChI is InChI=1S/C9H10Br/c1-2-4-8-5-3-6-9(10)7-8/h3,5,7H,2,4H2,1H3. The molecule has 0 bridgehead atoms. The second kappa shape index (κ2) is 3.77.